The van der Waals surface area contributed by atoms with Crippen LogP contribution >= 0.6 is 11.6 Å². The number of hydrogen-bond donors (Lipinski definition) is 1. The van der Waals surface area contributed by atoms with E-state index in [-0.39, 0.29) is 22.1 Å². The van der Waals surface area contributed by atoms with E-state index in [1.807, 2.05) is 0 Å². The van der Waals surface area contributed by atoms with Gasteiger partial charge in [0.1, 0.15) is 10.7 Å². The van der Waals surface area contributed by atoms with Gasteiger partial charge in [0, 0.05) is 0 Å². The number of fused-ring (bicyclic) bond motifs is 1. The molecule has 0 unspecified atom stereocenters. The zero-order valence-corrected chi connectivity index (χ0v) is 7.88. The standard InChI is InChI=1S/C8H5ClN2O3/c1-2-3-6(12)5(10)4(9)7(13)8(3)14-11-2/h10H2,1H3. The van der Waals surface area contributed by atoms with Crippen molar-refractivity contribution in [1.82, 2.24) is 5.16 Å². The van der Waals surface area contributed by atoms with E-state index in [9.17, 15) is 9.59 Å². The second-order valence-corrected chi connectivity index (χ2v) is 3.24. The molecular weight excluding hydrogens is 208 g/mol. The van der Waals surface area contributed by atoms with Gasteiger partial charge in [-0.1, -0.05) is 16.8 Å². The first-order valence-corrected chi connectivity index (χ1v) is 4.12. The molecule has 0 aliphatic heterocycles. The van der Waals surface area contributed by atoms with Crippen molar-refractivity contribution in [3.8, 4) is 0 Å². The predicted octanol–water partition coefficient (Wildman–Crippen LogP) is 0.771. The smallest absolute Gasteiger partial charge is 0.245 e. The highest BCUT2D eigenvalue weighted by atomic mass is 35.5. The molecule has 0 saturated carbocycles. The fraction of sp³-hybridized carbons (Fsp3) is 0.125. The second-order valence-electron chi connectivity index (χ2n) is 2.86. The number of hydrogen-bond acceptors (Lipinski definition) is 5. The number of aromatic nitrogens is 1. The molecule has 0 atom stereocenters. The van der Waals surface area contributed by atoms with Crippen molar-refractivity contribution in [2.45, 2.75) is 6.92 Å². The molecule has 1 aromatic heterocycles. The summed E-state index contributed by atoms with van der Waals surface area (Å²) in [5.41, 5.74) is 5.56. The topological polar surface area (TPSA) is 86.2 Å². The Labute approximate surface area is 83.5 Å². The molecule has 6 heteroatoms. The monoisotopic (exact) mass is 212 g/mol. The summed E-state index contributed by atoms with van der Waals surface area (Å²) < 4.78 is 4.69. The molecule has 1 heterocycles. The number of nitrogens with two attached hydrogens (primary N) is 1. The normalized spacial score (nSPS) is 16.1. The first-order chi connectivity index (χ1) is 6.54. The number of rotatable bonds is 0. The maximum atomic E-state index is 11.5. The molecule has 14 heavy (non-hydrogen) atoms. The largest absolute Gasteiger partial charge is 0.394 e. The Morgan fingerprint density at radius 2 is 2.00 bits per heavy atom. The third-order valence-corrected chi connectivity index (χ3v) is 2.35. The highest BCUT2D eigenvalue weighted by Gasteiger charge is 2.35. The Morgan fingerprint density at radius 3 is 2.64 bits per heavy atom. The van der Waals surface area contributed by atoms with Crippen LogP contribution < -0.4 is 5.73 Å². The van der Waals surface area contributed by atoms with Gasteiger partial charge in [-0.25, -0.2) is 0 Å². The van der Waals surface area contributed by atoms with E-state index in [4.69, 9.17) is 21.9 Å². The van der Waals surface area contributed by atoms with Gasteiger partial charge in [-0.05, 0) is 6.92 Å². The minimum atomic E-state index is -0.598. The number of nitrogens with zero attached hydrogens (tertiary/aromatic N) is 1. The lowest BCUT2D eigenvalue weighted by atomic mass is 9.98. The Hall–Kier alpha value is -1.62. The average Bonchev–Trinajstić information content (AvgIpc) is 2.54. The van der Waals surface area contributed by atoms with E-state index in [0.717, 1.165) is 0 Å². The van der Waals surface area contributed by atoms with E-state index in [2.05, 4.69) is 5.16 Å². The molecule has 5 nitrogen and oxygen atoms in total. The first kappa shape index (κ1) is 8.96. The maximum absolute atomic E-state index is 11.5. The molecule has 1 aliphatic carbocycles. The minimum absolute atomic E-state index is 0.108. The Bertz CT molecular complexity index is 487. The van der Waals surface area contributed by atoms with E-state index in [1.165, 1.54) is 0 Å². The molecule has 0 aromatic carbocycles. The summed E-state index contributed by atoms with van der Waals surface area (Å²) >= 11 is 5.55. The molecule has 0 radical (unpaired) electrons. The molecule has 2 N–H and O–H groups in total. The number of ketones is 2. The molecule has 0 saturated heterocycles. The van der Waals surface area contributed by atoms with Gasteiger partial charge in [0.05, 0.1) is 11.3 Å². The van der Waals surface area contributed by atoms with E-state index >= 15 is 0 Å². The van der Waals surface area contributed by atoms with Gasteiger partial charge < -0.3 is 10.3 Å². The zero-order chi connectivity index (χ0) is 10.5. The van der Waals surface area contributed by atoms with Gasteiger partial charge in [0.25, 0.3) is 0 Å². The number of Topliss-reactive ketones (excluding diaryl/α,β-unsaturated/α-hetero) is 2. The predicted molar refractivity (Wildman–Crippen MR) is 47.0 cm³/mol. The maximum Gasteiger partial charge on any atom is 0.245 e. The van der Waals surface area contributed by atoms with Gasteiger partial charge in [-0.15, -0.1) is 0 Å². The van der Waals surface area contributed by atoms with Gasteiger partial charge in [-0.3, -0.25) is 9.59 Å². The molecule has 0 fully saturated rings. The zero-order valence-electron chi connectivity index (χ0n) is 7.13. The molecule has 0 amide bonds. The minimum Gasteiger partial charge on any atom is -0.394 e. The summed E-state index contributed by atoms with van der Waals surface area (Å²) in [5, 5.41) is 3.20. The van der Waals surface area contributed by atoms with Crippen LogP contribution in [0.25, 0.3) is 0 Å². The van der Waals surface area contributed by atoms with Crippen molar-refractivity contribution in [2.75, 3.05) is 0 Å². The van der Waals surface area contributed by atoms with Crippen LogP contribution in [0.2, 0.25) is 0 Å². The van der Waals surface area contributed by atoms with Gasteiger partial charge >= 0.3 is 0 Å². The average molecular weight is 213 g/mol. The lowest BCUT2D eigenvalue weighted by Gasteiger charge is -2.08. The van der Waals surface area contributed by atoms with Crippen molar-refractivity contribution in [1.29, 1.82) is 0 Å². The van der Waals surface area contributed by atoms with Crippen LogP contribution in [0.3, 0.4) is 0 Å². The fourth-order valence-electron chi connectivity index (χ4n) is 1.25. The summed E-state index contributed by atoms with van der Waals surface area (Å²) in [6.07, 6.45) is 0. The molecule has 0 bridgehead atoms. The van der Waals surface area contributed by atoms with Crippen molar-refractivity contribution in [3.63, 3.8) is 0 Å². The van der Waals surface area contributed by atoms with Crippen LogP contribution in [0.1, 0.15) is 26.6 Å². The summed E-state index contributed by atoms with van der Waals surface area (Å²) in [6.45, 7) is 1.56. The molecule has 0 spiro atoms. The number of carbonyl (C=O) groups is 2. The first-order valence-electron chi connectivity index (χ1n) is 3.75. The van der Waals surface area contributed by atoms with E-state index in [1.54, 1.807) is 6.92 Å². The molecule has 1 aliphatic rings. The second kappa shape index (κ2) is 2.68. The summed E-state index contributed by atoms with van der Waals surface area (Å²) in [5.74, 6) is -1.24. The Morgan fingerprint density at radius 1 is 1.36 bits per heavy atom. The molecule has 1 aromatic rings. The molecular formula is C8H5ClN2O3. The van der Waals surface area contributed by atoms with Crippen molar-refractivity contribution < 1.29 is 14.1 Å². The van der Waals surface area contributed by atoms with Crippen molar-refractivity contribution >= 4 is 23.2 Å². The number of aryl methyl sites for hydroxylation is 1. The van der Waals surface area contributed by atoms with E-state index in [0.29, 0.717) is 5.69 Å². The summed E-state index contributed by atoms with van der Waals surface area (Å²) in [7, 11) is 0. The Balaban J connectivity index is 2.75. The Kier molecular flexibility index (Phi) is 1.72. The van der Waals surface area contributed by atoms with Crippen LogP contribution in [-0.4, -0.2) is 16.7 Å². The van der Waals surface area contributed by atoms with Crippen molar-refractivity contribution in [3.05, 3.63) is 27.7 Å². The molecule has 72 valence electrons. The number of halogens is 1. The summed E-state index contributed by atoms with van der Waals surface area (Å²) in [6, 6.07) is 0. The lowest BCUT2D eigenvalue weighted by Crippen LogP contribution is -2.23. The SMILES string of the molecule is Cc1noc2c1C(=O)C(N)=C(Cl)C2=O. The van der Waals surface area contributed by atoms with Crippen LogP contribution in [0.4, 0.5) is 0 Å². The van der Waals surface area contributed by atoms with Gasteiger partial charge in [0.15, 0.2) is 0 Å². The quantitative estimate of drug-likeness (QED) is 0.687. The number of allylic oxidation sites excluding steroid dienone is 2. The van der Waals surface area contributed by atoms with Crippen LogP contribution in [0.15, 0.2) is 15.3 Å². The van der Waals surface area contributed by atoms with Crippen LogP contribution in [0.5, 0.6) is 0 Å². The highest BCUT2D eigenvalue weighted by molar-refractivity contribution is 6.49. The van der Waals surface area contributed by atoms with Crippen LogP contribution in [-0.2, 0) is 0 Å². The van der Waals surface area contributed by atoms with Gasteiger partial charge in [0.2, 0.25) is 17.3 Å². The fourth-order valence-corrected chi connectivity index (χ4v) is 1.42. The molecule has 2 rings (SSSR count). The number of carbonyl (C=O) groups excluding carboxylic acids is 2. The third-order valence-electron chi connectivity index (χ3n) is 1.98. The third kappa shape index (κ3) is 0.927. The highest BCUT2D eigenvalue weighted by Crippen LogP contribution is 2.27. The lowest BCUT2D eigenvalue weighted by molar-refractivity contribution is 0.0956. The van der Waals surface area contributed by atoms with Gasteiger partial charge in [-0.2, -0.15) is 0 Å². The van der Waals surface area contributed by atoms with Crippen molar-refractivity contribution in [2.24, 2.45) is 5.73 Å². The van der Waals surface area contributed by atoms with E-state index < -0.39 is 11.6 Å². The summed E-state index contributed by atoms with van der Waals surface area (Å²) in [4.78, 5) is 23.0. The van der Waals surface area contributed by atoms with Crippen LogP contribution in [0, 0.1) is 6.92 Å².